The Labute approximate surface area is 165 Å². The molecule has 1 aromatic heterocycles. The van der Waals surface area contributed by atoms with Crippen LogP contribution in [-0.2, 0) is 4.79 Å². The van der Waals surface area contributed by atoms with Gasteiger partial charge in [0, 0.05) is 44.2 Å². The Morgan fingerprint density at radius 3 is 2.78 bits per heavy atom. The van der Waals surface area contributed by atoms with E-state index >= 15 is 0 Å². The molecule has 3 aliphatic heterocycles. The summed E-state index contributed by atoms with van der Waals surface area (Å²) in [7, 11) is 0. The molecule has 0 bridgehead atoms. The highest BCUT2D eigenvalue weighted by atomic mass is 32.1. The number of piperidine rings is 1. The second-order valence-corrected chi connectivity index (χ2v) is 9.50. The van der Waals surface area contributed by atoms with Gasteiger partial charge in [-0.1, -0.05) is 20.3 Å². The lowest BCUT2D eigenvalue weighted by Crippen LogP contribution is -2.56. The number of hydrogen-bond acceptors (Lipinski definition) is 5. The maximum atomic E-state index is 12.8. The van der Waals surface area contributed by atoms with Crippen molar-refractivity contribution in [3.63, 3.8) is 0 Å². The Morgan fingerprint density at radius 1 is 1.41 bits per heavy atom. The summed E-state index contributed by atoms with van der Waals surface area (Å²) in [6, 6.07) is 0. The maximum absolute atomic E-state index is 12.8. The first-order valence-electron chi connectivity index (χ1n) is 10.2. The van der Waals surface area contributed by atoms with Crippen molar-refractivity contribution >= 4 is 23.2 Å². The zero-order chi connectivity index (χ0) is 19.2. The molecule has 3 atom stereocenters. The molecule has 6 nitrogen and oxygen atoms in total. The van der Waals surface area contributed by atoms with E-state index in [-0.39, 0.29) is 23.3 Å². The first kappa shape index (κ1) is 18.9. The van der Waals surface area contributed by atoms with Gasteiger partial charge < -0.3 is 15.1 Å². The van der Waals surface area contributed by atoms with Crippen LogP contribution in [0.3, 0.4) is 0 Å². The van der Waals surface area contributed by atoms with Crippen molar-refractivity contribution < 1.29 is 9.59 Å². The van der Waals surface area contributed by atoms with Crippen LogP contribution in [0.4, 0.5) is 0 Å². The lowest BCUT2D eigenvalue weighted by Gasteiger charge is -2.42. The Morgan fingerprint density at radius 2 is 2.15 bits per heavy atom. The third-order valence-electron chi connectivity index (χ3n) is 6.96. The minimum Gasteiger partial charge on any atom is -0.350 e. The van der Waals surface area contributed by atoms with Crippen LogP contribution in [0.2, 0.25) is 0 Å². The van der Waals surface area contributed by atoms with Crippen LogP contribution in [0.1, 0.15) is 48.5 Å². The number of aromatic nitrogens is 1. The van der Waals surface area contributed by atoms with E-state index in [1.165, 1.54) is 17.8 Å². The smallest absolute Gasteiger partial charge is 0.265 e. The molecule has 2 amide bonds. The average Bonchev–Trinajstić information content (AvgIpc) is 3.33. The topological polar surface area (TPSA) is 65.5 Å². The van der Waals surface area contributed by atoms with Crippen LogP contribution < -0.4 is 5.32 Å². The van der Waals surface area contributed by atoms with Crippen molar-refractivity contribution in [2.45, 2.75) is 45.6 Å². The fourth-order valence-electron chi connectivity index (χ4n) is 5.12. The molecule has 0 radical (unpaired) electrons. The van der Waals surface area contributed by atoms with Crippen LogP contribution in [0.25, 0.3) is 0 Å². The van der Waals surface area contributed by atoms with Crippen LogP contribution in [-0.4, -0.2) is 64.9 Å². The number of hydrogen-bond donors (Lipinski definition) is 1. The minimum absolute atomic E-state index is 0.0931. The van der Waals surface area contributed by atoms with Gasteiger partial charge in [0.05, 0.1) is 17.1 Å². The van der Waals surface area contributed by atoms with Crippen LogP contribution >= 0.6 is 11.3 Å². The summed E-state index contributed by atoms with van der Waals surface area (Å²) in [6.07, 6.45) is 2.90. The van der Waals surface area contributed by atoms with E-state index in [1.54, 1.807) is 5.51 Å². The number of nitrogens with one attached hydrogen (secondary N) is 1. The predicted molar refractivity (Wildman–Crippen MR) is 106 cm³/mol. The highest BCUT2D eigenvalue weighted by molar-refractivity contribution is 7.11. The molecule has 1 spiro atoms. The van der Waals surface area contributed by atoms with Crippen molar-refractivity contribution in [3.8, 4) is 0 Å². The van der Waals surface area contributed by atoms with Gasteiger partial charge >= 0.3 is 0 Å². The van der Waals surface area contributed by atoms with Crippen LogP contribution in [0.15, 0.2) is 5.51 Å². The molecule has 3 aliphatic rings. The third kappa shape index (κ3) is 3.29. The minimum atomic E-state index is -0.120. The lowest BCUT2D eigenvalue weighted by atomic mass is 9.75. The Kier molecular flexibility index (Phi) is 5.01. The molecule has 27 heavy (non-hydrogen) atoms. The molecule has 7 heteroatoms. The number of rotatable bonds is 4. The predicted octanol–water partition coefficient (Wildman–Crippen LogP) is 2.15. The number of amides is 2. The summed E-state index contributed by atoms with van der Waals surface area (Å²) in [5, 5.41) is 3.35. The van der Waals surface area contributed by atoms with E-state index in [0.717, 1.165) is 43.0 Å². The zero-order valence-corrected chi connectivity index (χ0v) is 17.3. The van der Waals surface area contributed by atoms with Gasteiger partial charge in [-0.05, 0) is 25.7 Å². The number of carbonyl (C=O) groups is 2. The van der Waals surface area contributed by atoms with Gasteiger partial charge in [0.25, 0.3) is 5.91 Å². The van der Waals surface area contributed by atoms with Crippen molar-refractivity contribution in [3.05, 3.63) is 16.1 Å². The van der Waals surface area contributed by atoms with Crippen molar-refractivity contribution in [2.75, 3.05) is 32.7 Å². The van der Waals surface area contributed by atoms with Crippen molar-refractivity contribution in [1.29, 1.82) is 0 Å². The molecule has 0 unspecified atom stereocenters. The summed E-state index contributed by atoms with van der Waals surface area (Å²) < 4.78 is 0. The van der Waals surface area contributed by atoms with Crippen LogP contribution in [0.5, 0.6) is 0 Å². The molecule has 4 rings (SSSR count). The number of carbonyl (C=O) groups excluding carboxylic acids is 2. The summed E-state index contributed by atoms with van der Waals surface area (Å²) in [5.41, 5.74) is 2.43. The van der Waals surface area contributed by atoms with E-state index in [1.807, 2.05) is 11.8 Å². The summed E-state index contributed by atoms with van der Waals surface area (Å²) in [4.78, 5) is 34.8. The number of aryl methyl sites for hydroxylation is 1. The van der Waals surface area contributed by atoms with Gasteiger partial charge in [0.1, 0.15) is 4.88 Å². The SMILES string of the molecule is CC[C@@H](C)CN1C[C@H]2C(=O)NC3(CCN(C(=O)c4scnc4C)CC3)[C@H]2C1. The second kappa shape index (κ2) is 7.17. The number of nitrogens with zero attached hydrogens (tertiary/aromatic N) is 3. The fourth-order valence-corrected chi connectivity index (χ4v) is 5.89. The standard InChI is InChI=1S/C20H30N4O2S/c1-4-13(2)9-23-10-15-16(11-23)20(22-18(15)25)5-7-24(8-6-20)19(26)17-14(3)21-12-27-17/h12-13,15-16H,4-11H2,1-3H3,(H,22,25)/t13-,15-,16+/m1/s1. The Balaban J connectivity index is 1.42. The van der Waals surface area contributed by atoms with E-state index < -0.39 is 0 Å². The van der Waals surface area contributed by atoms with Gasteiger partial charge in [-0.25, -0.2) is 4.98 Å². The van der Waals surface area contributed by atoms with E-state index in [4.69, 9.17) is 0 Å². The lowest BCUT2D eigenvalue weighted by molar-refractivity contribution is -0.123. The van der Waals surface area contributed by atoms with Gasteiger partial charge in [-0.2, -0.15) is 0 Å². The highest BCUT2D eigenvalue weighted by Crippen LogP contribution is 2.44. The molecule has 3 fully saturated rings. The van der Waals surface area contributed by atoms with Gasteiger partial charge in [-0.3, -0.25) is 9.59 Å². The molecule has 3 saturated heterocycles. The molecular weight excluding hydrogens is 360 g/mol. The maximum Gasteiger partial charge on any atom is 0.265 e. The molecule has 0 aliphatic carbocycles. The zero-order valence-electron chi connectivity index (χ0n) is 16.5. The first-order valence-corrected chi connectivity index (χ1v) is 11.0. The first-order chi connectivity index (χ1) is 12.9. The number of fused-ring (bicyclic) bond motifs is 2. The molecule has 0 aromatic carbocycles. The quantitative estimate of drug-likeness (QED) is 0.856. The third-order valence-corrected chi connectivity index (χ3v) is 7.88. The Bertz CT molecular complexity index is 725. The second-order valence-electron chi connectivity index (χ2n) is 8.65. The average molecular weight is 391 g/mol. The number of likely N-dealkylation sites (tertiary alicyclic amines) is 2. The molecule has 1 N–H and O–H groups in total. The molecule has 1 aromatic rings. The number of thiazole rings is 1. The Hall–Kier alpha value is -1.47. The van der Waals surface area contributed by atoms with Crippen molar-refractivity contribution in [1.82, 2.24) is 20.1 Å². The highest BCUT2D eigenvalue weighted by Gasteiger charge is 2.57. The molecular formula is C20H30N4O2S. The summed E-state index contributed by atoms with van der Waals surface area (Å²) in [5.74, 6) is 1.50. The van der Waals surface area contributed by atoms with E-state index in [9.17, 15) is 9.59 Å². The van der Waals surface area contributed by atoms with E-state index in [2.05, 4.69) is 29.0 Å². The summed E-state index contributed by atoms with van der Waals surface area (Å²) >= 11 is 1.42. The van der Waals surface area contributed by atoms with E-state index in [0.29, 0.717) is 24.9 Å². The fraction of sp³-hybridized carbons (Fsp3) is 0.750. The normalized spacial score (nSPS) is 28.4. The van der Waals surface area contributed by atoms with Crippen molar-refractivity contribution in [2.24, 2.45) is 17.8 Å². The van der Waals surface area contributed by atoms with Gasteiger partial charge in [-0.15, -0.1) is 11.3 Å². The monoisotopic (exact) mass is 390 g/mol. The van der Waals surface area contributed by atoms with Crippen LogP contribution in [0, 0.1) is 24.7 Å². The molecule has 0 saturated carbocycles. The van der Waals surface area contributed by atoms with Gasteiger partial charge in [0.15, 0.2) is 0 Å². The van der Waals surface area contributed by atoms with Gasteiger partial charge in [0.2, 0.25) is 5.91 Å². The summed E-state index contributed by atoms with van der Waals surface area (Å²) in [6.45, 7) is 10.8. The molecule has 4 heterocycles. The largest absolute Gasteiger partial charge is 0.350 e. The molecule has 148 valence electrons.